The van der Waals surface area contributed by atoms with E-state index in [-0.39, 0.29) is 5.56 Å². The average Bonchev–Trinajstić information content (AvgIpc) is 3.19. The number of aromatic nitrogens is 2. The summed E-state index contributed by atoms with van der Waals surface area (Å²) >= 11 is 1.55. The summed E-state index contributed by atoms with van der Waals surface area (Å²) in [6.45, 7) is 8.44. The number of fused-ring (bicyclic) bond motifs is 1. The van der Waals surface area contributed by atoms with Gasteiger partial charge in [0.1, 0.15) is 16.7 Å². The van der Waals surface area contributed by atoms with Crippen molar-refractivity contribution in [2.45, 2.75) is 52.6 Å². The standard InChI is InChI=1S/C18H25N3O3S/c1-5-13(18(23)24-4)21-14(10-20-8-6-7-9-20)19-16-15(17(21)22)11(2)12(3)25-16/h13H,5-10H2,1-4H3. The summed E-state index contributed by atoms with van der Waals surface area (Å²) in [4.78, 5) is 34.5. The zero-order valence-electron chi connectivity index (χ0n) is 15.3. The van der Waals surface area contributed by atoms with Crippen molar-refractivity contribution in [1.82, 2.24) is 14.5 Å². The molecular weight excluding hydrogens is 338 g/mol. The second-order valence-electron chi connectivity index (χ2n) is 6.60. The Morgan fingerprint density at radius 1 is 1.32 bits per heavy atom. The van der Waals surface area contributed by atoms with E-state index in [1.807, 2.05) is 20.8 Å². The first-order valence-corrected chi connectivity index (χ1v) is 9.60. The Labute approximate surface area is 151 Å². The maximum atomic E-state index is 13.3. The molecule has 0 radical (unpaired) electrons. The molecular formula is C18H25N3O3S. The van der Waals surface area contributed by atoms with Crippen LogP contribution >= 0.6 is 11.3 Å². The van der Waals surface area contributed by atoms with Gasteiger partial charge in [0.15, 0.2) is 0 Å². The molecule has 1 aliphatic heterocycles. The Morgan fingerprint density at radius 2 is 2.00 bits per heavy atom. The van der Waals surface area contributed by atoms with Crippen LogP contribution in [0.1, 0.15) is 48.5 Å². The molecule has 2 aromatic heterocycles. The molecule has 1 unspecified atom stereocenters. The lowest BCUT2D eigenvalue weighted by molar-refractivity contribution is -0.144. The molecule has 25 heavy (non-hydrogen) atoms. The molecule has 0 amide bonds. The van der Waals surface area contributed by atoms with Crippen molar-refractivity contribution < 1.29 is 9.53 Å². The predicted molar refractivity (Wildman–Crippen MR) is 99.2 cm³/mol. The molecule has 1 atom stereocenters. The Morgan fingerprint density at radius 3 is 2.60 bits per heavy atom. The number of thiophene rings is 1. The Bertz CT molecular complexity index is 849. The summed E-state index contributed by atoms with van der Waals surface area (Å²) < 4.78 is 6.52. The van der Waals surface area contributed by atoms with E-state index >= 15 is 0 Å². The molecule has 1 aliphatic rings. The van der Waals surface area contributed by atoms with Gasteiger partial charge in [-0.2, -0.15) is 0 Å². The van der Waals surface area contributed by atoms with Gasteiger partial charge in [-0.25, -0.2) is 9.78 Å². The van der Waals surface area contributed by atoms with Gasteiger partial charge in [0.25, 0.3) is 5.56 Å². The fourth-order valence-electron chi connectivity index (χ4n) is 3.51. The molecule has 2 aromatic rings. The Balaban J connectivity index is 2.21. The summed E-state index contributed by atoms with van der Waals surface area (Å²) in [7, 11) is 1.36. The summed E-state index contributed by atoms with van der Waals surface area (Å²) in [6, 6.07) is -0.633. The predicted octanol–water partition coefficient (Wildman–Crippen LogP) is 2.79. The second-order valence-corrected chi connectivity index (χ2v) is 7.80. The van der Waals surface area contributed by atoms with Crippen LogP contribution in [-0.4, -0.2) is 40.6 Å². The van der Waals surface area contributed by atoms with Gasteiger partial charge in [-0.05, 0) is 51.8 Å². The molecule has 0 saturated carbocycles. The maximum absolute atomic E-state index is 13.3. The van der Waals surface area contributed by atoms with Gasteiger partial charge >= 0.3 is 5.97 Å². The number of hydrogen-bond donors (Lipinski definition) is 0. The molecule has 0 spiro atoms. The third kappa shape index (κ3) is 3.22. The highest BCUT2D eigenvalue weighted by atomic mass is 32.1. The lowest BCUT2D eigenvalue weighted by Gasteiger charge is -2.22. The average molecular weight is 363 g/mol. The fourth-order valence-corrected chi connectivity index (χ4v) is 4.55. The van der Waals surface area contributed by atoms with Crippen LogP contribution in [-0.2, 0) is 16.1 Å². The largest absolute Gasteiger partial charge is 0.467 e. The van der Waals surface area contributed by atoms with E-state index in [1.165, 1.54) is 7.11 Å². The third-order valence-electron chi connectivity index (χ3n) is 5.04. The molecule has 3 heterocycles. The van der Waals surface area contributed by atoms with Crippen LogP contribution in [0.25, 0.3) is 10.2 Å². The molecule has 7 heteroatoms. The molecule has 0 bridgehead atoms. The SMILES string of the molecule is CCC(C(=O)OC)n1c(CN2CCCC2)nc2sc(C)c(C)c2c1=O. The smallest absolute Gasteiger partial charge is 0.329 e. The zero-order chi connectivity index (χ0) is 18.1. The molecule has 6 nitrogen and oxygen atoms in total. The van der Waals surface area contributed by atoms with E-state index in [0.717, 1.165) is 41.2 Å². The van der Waals surface area contributed by atoms with Gasteiger partial charge in [0.2, 0.25) is 0 Å². The highest BCUT2D eigenvalue weighted by Crippen LogP contribution is 2.28. The first kappa shape index (κ1) is 18.1. The maximum Gasteiger partial charge on any atom is 0.329 e. The normalized spacial score (nSPS) is 16.5. The van der Waals surface area contributed by atoms with E-state index in [4.69, 9.17) is 9.72 Å². The minimum absolute atomic E-state index is 0.127. The van der Waals surface area contributed by atoms with Crippen molar-refractivity contribution in [3.05, 3.63) is 26.6 Å². The highest BCUT2D eigenvalue weighted by molar-refractivity contribution is 7.18. The number of nitrogens with zero attached hydrogens (tertiary/aromatic N) is 3. The van der Waals surface area contributed by atoms with E-state index in [9.17, 15) is 9.59 Å². The number of hydrogen-bond acceptors (Lipinski definition) is 6. The number of carbonyl (C=O) groups excluding carboxylic acids is 1. The minimum Gasteiger partial charge on any atom is -0.467 e. The molecule has 0 N–H and O–H groups in total. The van der Waals surface area contributed by atoms with Crippen LogP contribution in [0.2, 0.25) is 0 Å². The first-order valence-electron chi connectivity index (χ1n) is 8.79. The second kappa shape index (κ2) is 7.25. The van der Waals surface area contributed by atoms with Crippen LogP contribution in [0.5, 0.6) is 0 Å². The molecule has 136 valence electrons. The van der Waals surface area contributed by atoms with Crippen molar-refractivity contribution in [2.24, 2.45) is 0 Å². The fraction of sp³-hybridized carbons (Fsp3) is 0.611. The monoisotopic (exact) mass is 363 g/mol. The van der Waals surface area contributed by atoms with Gasteiger partial charge in [-0.15, -0.1) is 11.3 Å². The third-order valence-corrected chi connectivity index (χ3v) is 6.14. The van der Waals surface area contributed by atoms with Gasteiger partial charge in [-0.3, -0.25) is 14.3 Å². The van der Waals surface area contributed by atoms with Crippen molar-refractivity contribution >= 4 is 27.5 Å². The number of carbonyl (C=O) groups is 1. The van der Waals surface area contributed by atoms with Gasteiger partial charge < -0.3 is 4.74 Å². The van der Waals surface area contributed by atoms with E-state index in [0.29, 0.717) is 24.2 Å². The van der Waals surface area contributed by atoms with Crippen LogP contribution in [0.3, 0.4) is 0 Å². The lowest BCUT2D eigenvalue weighted by atomic mass is 10.1. The van der Waals surface area contributed by atoms with Crippen molar-refractivity contribution in [1.29, 1.82) is 0 Å². The summed E-state index contributed by atoms with van der Waals surface area (Å²) in [5.41, 5.74) is 0.831. The zero-order valence-corrected chi connectivity index (χ0v) is 16.1. The number of aryl methyl sites for hydroxylation is 2. The lowest BCUT2D eigenvalue weighted by Crippen LogP contribution is -2.36. The summed E-state index contributed by atoms with van der Waals surface area (Å²) in [6.07, 6.45) is 2.82. The van der Waals surface area contributed by atoms with Crippen LogP contribution in [0.15, 0.2) is 4.79 Å². The highest BCUT2D eigenvalue weighted by Gasteiger charge is 2.27. The molecule has 1 saturated heterocycles. The molecule has 3 rings (SSSR count). The number of esters is 1. The Kier molecular flexibility index (Phi) is 5.24. The van der Waals surface area contributed by atoms with E-state index < -0.39 is 12.0 Å². The Hall–Kier alpha value is -1.73. The number of methoxy groups -OCH3 is 1. The quantitative estimate of drug-likeness (QED) is 0.765. The van der Waals surface area contributed by atoms with Gasteiger partial charge in [0.05, 0.1) is 19.0 Å². The van der Waals surface area contributed by atoms with E-state index in [1.54, 1.807) is 15.9 Å². The van der Waals surface area contributed by atoms with Crippen molar-refractivity contribution in [2.75, 3.05) is 20.2 Å². The number of likely N-dealkylation sites (tertiary alicyclic amines) is 1. The first-order chi connectivity index (χ1) is 12.0. The topological polar surface area (TPSA) is 64.4 Å². The van der Waals surface area contributed by atoms with E-state index in [2.05, 4.69) is 4.90 Å². The molecule has 0 aliphatic carbocycles. The summed E-state index contributed by atoms with van der Waals surface area (Å²) in [5, 5.41) is 0.634. The molecule has 1 fully saturated rings. The minimum atomic E-state index is -0.633. The van der Waals surface area contributed by atoms with Gasteiger partial charge in [0, 0.05) is 4.88 Å². The summed E-state index contributed by atoms with van der Waals surface area (Å²) in [5.74, 6) is 0.274. The van der Waals surface area contributed by atoms with Crippen LogP contribution < -0.4 is 5.56 Å². The van der Waals surface area contributed by atoms with Gasteiger partial charge in [-0.1, -0.05) is 6.92 Å². The van der Waals surface area contributed by atoms with Crippen LogP contribution in [0.4, 0.5) is 0 Å². The number of ether oxygens (including phenoxy) is 1. The van der Waals surface area contributed by atoms with Crippen molar-refractivity contribution in [3.8, 4) is 0 Å². The molecule has 0 aromatic carbocycles. The number of rotatable bonds is 5. The van der Waals surface area contributed by atoms with Crippen LogP contribution in [0, 0.1) is 13.8 Å². The van der Waals surface area contributed by atoms with Crippen molar-refractivity contribution in [3.63, 3.8) is 0 Å².